The molecule has 0 saturated carbocycles. The van der Waals surface area contributed by atoms with Crippen molar-refractivity contribution in [1.29, 1.82) is 0 Å². The van der Waals surface area contributed by atoms with Gasteiger partial charge in [0.05, 0.1) is 20.3 Å². The van der Waals surface area contributed by atoms with Crippen molar-refractivity contribution < 1.29 is 38.3 Å². The standard InChI is InChI=1S/C23H31NO8/c1-15(5-7-19(25)31-13-10-24(28)8-11-30-12-9-24)4-6-17-21(26)20-18(14-32-23(20)27)16(2)22(17)29-3/h4,26H,5-14H2,1-3H3/b15-4+. The normalized spacial score (nSPS) is 17.6. The number of hydroxylamine groups is 3. The molecule has 0 aromatic heterocycles. The molecule has 9 heteroatoms. The second kappa shape index (κ2) is 10.3. The number of carbonyl (C=O) groups excluding carboxylic acids is 2. The highest BCUT2D eigenvalue weighted by Gasteiger charge is 2.31. The number of allylic oxidation sites excluding steroid dienone is 2. The molecular weight excluding hydrogens is 418 g/mol. The monoisotopic (exact) mass is 449 g/mol. The van der Waals surface area contributed by atoms with E-state index in [1.807, 2.05) is 19.9 Å². The number of ether oxygens (including phenoxy) is 4. The molecule has 0 atom stereocenters. The lowest BCUT2D eigenvalue weighted by Gasteiger charge is -2.44. The zero-order valence-corrected chi connectivity index (χ0v) is 18.9. The fourth-order valence-corrected chi connectivity index (χ4v) is 4.00. The SMILES string of the molecule is COc1c(C)c2c(c(O)c1C/C=C(\C)CCC(=O)OCC[N+]1([O-])CCOCC1)C(=O)OC2. The van der Waals surface area contributed by atoms with Gasteiger partial charge in [0, 0.05) is 17.5 Å². The Labute approximate surface area is 187 Å². The molecule has 0 bridgehead atoms. The van der Waals surface area contributed by atoms with E-state index in [0.29, 0.717) is 56.0 Å². The predicted octanol–water partition coefficient (Wildman–Crippen LogP) is 2.54. The first-order valence-electron chi connectivity index (χ1n) is 10.8. The van der Waals surface area contributed by atoms with Crippen molar-refractivity contribution in [3.8, 4) is 11.5 Å². The van der Waals surface area contributed by atoms with E-state index in [0.717, 1.165) is 11.1 Å². The topological polar surface area (TPSA) is 114 Å². The Hall–Kier alpha value is -2.62. The van der Waals surface area contributed by atoms with Crippen LogP contribution in [0.15, 0.2) is 11.6 Å². The van der Waals surface area contributed by atoms with E-state index in [9.17, 15) is 19.9 Å². The number of cyclic esters (lactones) is 1. The Kier molecular flexibility index (Phi) is 7.76. The quantitative estimate of drug-likeness (QED) is 0.265. The van der Waals surface area contributed by atoms with Crippen LogP contribution in [0.2, 0.25) is 0 Å². The lowest BCUT2D eigenvalue weighted by atomic mass is 9.94. The van der Waals surface area contributed by atoms with Crippen molar-refractivity contribution in [2.45, 2.75) is 39.7 Å². The van der Waals surface area contributed by atoms with Crippen LogP contribution in [-0.2, 0) is 32.0 Å². The lowest BCUT2D eigenvalue weighted by molar-refractivity contribution is -0.888. The van der Waals surface area contributed by atoms with Gasteiger partial charge in [-0.1, -0.05) is 11.6 Å². The summed E-state index contributed by atoms with van der Waals surface area (Å²) in [5.74, 6) is -0.478. The number of hydrogen-bond donors (Lipinski definition) is 1. The third-order valence-electron chi connectivity index (χ3n) is 6.07. The van der Waals surface area contributed by atoms with E-state index in [4.69, 9.17) is 18.9 Å². The molecular formula is C23H31NO8. The van der Waals surface area contributed by atoms with Gasteiger partial charge in [-0.25, -0.2) is 4.79 Å². The van der Waals surface area contributed by atoms with Crippen LogP contribution in [0, 0.1) is 12.1 Å². The number of phenols is 1. The number of nitrogens with zero attached hydrogens (tertiary/aromatic N) is 1. The maximum atomic E-state index is 12.4. The van der Waals surface area contributed by atoms with Gasteiger partial charge >= 0.3 is 11.9 Å². The summed E-state index contributed by atoms with van der Waals surface area (Å²) >= 11 is 0. The molecule has 2 aliphatic heterocycles. The van der Waals surface area contributed by atoms with Crippen LogP contribution in [0.25, 0.3) is 0 Å². The number of rotatable bonds is 9. The van der Waals surface area contributed by atoms with E-state index in [-0.39, 0.29) is 48.1 Å². The van der Waals surface area contributed by atoms with Crippen LogP contribution < -0.4 is 4.74 Å². The molecule has 3 rings (SSSR count). The van der Waals surface area contributed by atoms with Gasteiger partial charge in [-0.05, 0) is 32.3 Å². The highest BCUT2D eigenvalue weighted by Crippen LogP contribution is 2.42. The van der Waals surface area contributed by atoms with Gasteiger partial charge in [0.15, 0.2) is 0 Å². The molecule has 0 amide bonds. The number of methoxy groups -OCH3 is 1. The summed E-state index contributed by atoms with van der Waals surface area (Å²) in [6.07, 6.45) is 2.92. The van der Waals surface area contributed by atoms with Crippen LogP contribution in [0.1, 0.15) is 46.8 Å². The average molecular weight is 450 g/mol. The van der Waals surface area contributed by atoms with E-state index in [2.05, 4.69) is 0 Å². The molecule has 32 heavy (non-hydrogen) atoms. The first kappa shape index (κ1) is 24.0. The van der Waals surface area contributed by atoms with Crippen molar-refractivity contribution in [1.82, 2.24) is 0 Å². The molecule has 1 N–H and O–H groups in total. The summed E-state index contributed by atoms with van der Waals surface area (Å²) in [6.45, 7) is 5.83. The number of morpholine rings is 1. The highest BCUT2D eigenvalue weighted by atomic mass is 16.6. The van der Waals surface area contributed by atoms with Gasteiger partial charge in [-0.3, -0.25) is 4.79 Å². The minimum atomic E-state index is -0.535. The fourth-order valence-electron chi connectivity index (χ4n) is 4.00. The maximum absolute atomic E-state index is 12.4. The molecule has 1 aromatic carbocycles. The van der Waals surface area contributed by atoms with Crippen LogP contribution in [0.5, 0.6) is 11.5 Å². The number of aromatic hydroxyl groups is 1. The Morgan fingerprint density at radius 3 is 2.69 bits per heavy atom. The summed E-state index contributed by atoms with van der Waals surface area (Å²) in [4.78, 5) is 24.0. The van der Waals surface area contributed by atoms with E-state index in [1.54, 1.807) is 0 Å². The molecule has 1 saturated heterocycles. The summed E-state index contributed by atoms with van der Waals surface area (Å²) in [5.41, 5.74) is 3.07. The van der Waals surface area contributed by atoms with E-state index in [1.165, 1.54) is 7.11 Å². The second-order valence-corrected chi connectivity index (χ2v) is 8.23. The number of fused-ring (bicyclic) bond motifs is 1. The Morgan fingerprint density at radius 2 is 2.00 bits per heavy atom. The van der Waals surface area contributed by atoms with Crippen molar-refractivity contribution in [2.24, 2.45) is 0 Å². The summed E-state index contributed by atoms with van der Waals surface area (Å²) < 4.78 is 20.6. The number of benzene rings is 1. The van der Waals surface area contributed by atoms with Crippen LogP contribution >= 0.6 is 0 Å². The first-order chi connectivity index (χ1) is 15.3. The van der Waals surface area contributed by atoms with Gasteiger partial charge in [-0.2, -0.15) is 0 Å². The molecule has 0 radical (unpaired) electrons. The van der Waals surface area contributed by atoms with Gasteiger partial charge in [0.1, 0.15) is 49.9 Å². The summed E-state index contributed by atoms with van der Waals surface area (Å²) in [5, 5.41) is 23.0. The van der Waals surface area contributed by atoms with Crippen molar-refractivity contribution in [2.75, 3.05) is 46.6 Å². The Balaban J connectivity index is 1.54. The molecule has 2 aliphatic rings. The van der Waals surface area contributed by atoms with Gasteiger partial charge in [0.25, 0.3) is 0 Å². The average Bonchev–Trinajstić information content (AvgIpc) is 3.16. The summed E-state index contributed by atoms with van der Waals surface area (Å²) in [7, 11) is 1.52. The molecule has 1 aromatic rings. The van der Waals surface area contributed by atoms with E-state index >= 15 is 0 Å². The summed E-state index contributed by atoms with van der Waals surface area (Å²) in [6, 6.07) is 0. The van der Waals surface area contributed by atoms with Crippen molar-refractivity contribution in [3.05, 3.63) is 39.1 Å². The molecule has 1 fully saturated rings. The zero-order valence-electron chi connectivity index (χ0n) is 18.9. The Morgan fingerprint density at radius 1 is 1.28 bits per heavy atom. The number of quaternary nitrogens is 1. The smallest absolute Gasteiger partial charge is 0.342 e. The third kappa shape index (κ3) is 5.40. The van der Waals surface area contributed by atoms with Crippen molar-refractivity contribution in [3.63, 3.8) is 0 Å². The molecule has 9 nitrogen and oxygen atoms in total. The van der Waals surface area contributed by atoms with Gasteiger partial charge in [0.2, 0.25) is 0 Å². The number of hydrogen-bond acceptors (Lipinski definition) is 8. The van der Waals surface area contributed by atoms with Gasteiger partial charge < -0.3 is 33.9 Å². The van der Waals surface area contributed by atoms with Crippen LogP contribution in [0.4, 0.5) is 0 Å². The predicted molar refractivity (Wildman–Crippen MR) is 115 cm³/mol. The third-order valence-corrected chi connectivity index (χ3v) is 6.07. The molecule has 0 aliphatic carbocycles. The zero-order chi connectivity index (χ0) is 23.3. The molecule has 2 heterocycles. The molecule has 0 unspecified atom stereocenters. The molecule has 176 valence electrons. The minimum absolute atomic E-state index is 0.0979. The Bertz CT molecular complexity index is 902. The second-order valence-electron chi connectivity index (χ2n) is 8.23. The van der Waals surface area contributed by atoms with Crippen LogP contribution in [0.3, 0.4) is 0 Å². The highest BCUT2D eigenvalue weighted by molar-refractivity contribution is 5.98. The van der Waals surface area contributed by atoms with E-state index < -0.39 is 5.97 Å². The number of esters is 2. The van der Waals surface area contributed by atoms with Gasteiger partial charge in [-0.15, -0.1) is 0 Å². The minimum Gasteiger partial charge on any atom is -0.633 e. The van der Waals surface area contributed by atoms with Crippen molar-refractivity contribution >= 4 is 11.9 Å². The van der Waals surface area contributed by atoms with Crippen LogP contribution in [-0.4, -0.2) is 68.3 Å². The first-order valence-corrected chi connectivity index (χ1v) is 10.8. The lowest BCUT2D eigenvalue weighted by Crippen LogP contribution is -2.52. The largest absolute Gasteiger partial charge is 0.633 e. The maximum Gasteiger partial charge on any atom is 0.342 e. The molecule has 0 spiro atoms. The fraction of sp³-hybridized carbons (Fsp3) is 0.565. The number of phenolic OH excluding ortho intramolecular Hbond substituents is 1. The number of carbonyl (C=O) groups is 2.